The van der Waals surface area contributed by atoms with Crippen LogP contribution >= 0.6 is 69.6 Å². The lowest BCUT2D eigenvalue weighted by Crippen LogP contribution is -2.17. The van der Waals surface area contributed by atoms with E-state index in [-0.39, 0.29) is 37.9 Å². The van der Waals surface area contributed by atoms with Crippen LogP contribution in [0, 0.1) is 22.7 Å². The minimum atomic E-state index is -1.36. The van der Waals surface area contributed by atoms with Gasteiger partial charge < -0.3 is 5.32 Å². The van der Waals surface area contributed by atoms with Gasteiger partial charge in [0.1, 0.15) is 4.33 Å². The van der Waals surface area contributed by atoms with Crippen LogP contribution in [0.1, 0.15) is 41.1 Å². The number of hydrogen-bond acceptors (Lipinski definition) is 3. The average molecular weight is 551 g/mol. The van der Waals surface area contributed by atoms with Gasteiger partial charge in [-0.05, 0) is 48.7 Å². The molecule has 32 heavy (non-hydrogen) atoms. The Bertz CT molecular complexity index is 1160. The number of rotatable bonds is 6. The van der Waals surface area contributed by atoms with Crippen LogP contribution in [0.5, 0.6) is 0 Å². The summed E-state index contributed by atoms with van der Waals surface area (Å²) < 4.78 is -1.36. The Morgan fingerprint density at radius 2 is 1.66 bits per heavy atom. The normalized spacial score (nSPS) is 22.0. The molecule has 2 aromatic rings. The van der Waals surface area contributed by atoms with E-state index in [1.54, 1.807) is 18.2 Å². The fourth-order valence-corrected chi connectivity index (χ4v) is 5.40. The first kappa shape index (κ1) is 24.0. The Morgan fingerprint density at radius 3 is 2.22 bits per heavy atom. The number of nitrogens with one attached hydrogen (secondary N) is 1. The summed E-state index contributed by atoms with van der Waals surface area (Å²) in [6, 6.07) is 9.94. The standard InChI is InChI=1S/C22H14Cl6N2O2/c23-13-2-1-11(7-12(13)16(31)8-21(9-29)3-4-21)30-20(32)18-17(22(18,27)28)10-5-14(24)19(26)15(25)6-10/h1-2,5-7,17-18H,3-4,8H2,(H,30,32). The molecule has 4 rings (SSSR count). The van der Waals surface area contributed by atoms with Crippen molar-refractivity contribution in [1.82, 2.24) is 0 Å². The summed E-state index contributed by atoms with van der Waals surface area (Å²) in [5.41, 5.74) is 0.607. The number of carbonyl (C=O) groups is 2. The predicted molar refractivity (Wildman–Crippen MR) is 128 cm³/mol. The van der Waals surface area contributed by atoms with Crippen LogP contribution in [0.15, 0.2) is 30.3 Å². The molecule has 2 fully saturated rings. The van der Waals surface area contributed by atoms with E-state index in [0.717, 1.165) is 0 Å². The maximum absolute atomic E-state index is 12.9. The Morgan fingerprint density at radius 1 is 1.03 bits per heavy atom. The number of benzene rings is 2. The van der Waals surface area contributed by atoms with Crippen LogP contribution in [-0.2, 0) is 4.79 Å². The van der Waals surface area contributed by atoms with E-state index in [0.29, 0.717) is 24.1 Å². The molecule has 0 bridgehead atoms. The molecule has 2 aliphatic carbocycles. The largest absolute Gasteiger partial charge is 0.326 e. The Balaban J connectivity index is 1.52. The van der Waals surface area contributed by atoms with Gasteiger partial charge in [0.05, 0.1) is 37.5 Å². The summed E-state index contributed by atoms with van der Waals surface area (Å²) in [6.45, 7) is 0. The molecule has 0 spiro atoms. The molecule has 2 aromatic carbocycles. The number of anilines is 1. The number of halogens is 6. The smallest absolute Gasteiger partial charge is 0.231 e. The van der Waals surface area contributed by atoms with Gasteiger partial charge in [-0.15, -0.1) is 23.2 Å². The number of nitrogens with zero attached hydrogens (tertiary/aromatic N) is 1. The van der Waals surface area contributed by atoms with Crippen molar-refractivity contribution < 1.29 is 9.59 Å². The summed E-state index contributed by atoms with van der Waals surface area (Å²) in [6.07, 6.45) is 1.48. The third-order valence-corrected chi connectivity index (χ3v) is 8.29. The molecular formula is C22H14Cl6N2O2. The molecule has 2 aliphatic rings. The third-order valence-electron chi connectivity index (χ3n) is 5.83. The van der Waals surface area contributed by atoms with Gasteiger partial charge in [-0.3, -0.25) is 9.59 Å². The zero-order valence-electron chi connectivity index (χ0n) is 16.2. The fraction of sp³-hybridized carbons (Fsp3) is 0.318. The zero-order chi connectivity index (χ0) is 23.4. The first-order valence-corrected chi connectivity index (χ1v) is 11.8. The topological polar surface area (TPSA) is 70.0 Å². The Hall–Kier alpha value is -1.19. The number of Topliss-reactive ketones (excluding diaryl/α,β-unsaturated/α-hetero) is 1. The predicted octanol–water partition coefficient (Wildman–Crippen LogP) is 7.70. The lowest BCUT2D eigenvalue weighted by molar-refractivity contribution is -0.117. The molecular weight excluding hydrogens is 537 g/mol. The van der Waals surface area contributed by atoms with E-state index in [1.165, 1.54) is 12.1 Å². The third kappa shape index (κ3) is 4.44. The molecule has 1 N–H and O–H groups in total. The van der Waals surface area contributed by atoms with Crippen molar-refractivity contribution in [2.24, 2.45) is 11.3 Å². The Labute approximate surface area is 214 Å². The van der Waals surface area contributed by atoms with Crippen LogP contribution in [-0.4, -0.2) is 16.0 Å². The van der Waals surface area contributed by atoms with E-state index < -0.39 is 27.5 Å². The fourth-order valence-electron chi connectivity index (χ4n) is 3.74. The van der Waals surface area contributed by atoms with Gasteiger partial charge in [0.2, 0.25) is 5.91 Å². The molecule has 0 radical (unpaired) electrons. The number of alkyl halides is 2. The van der Waals surface area contributed by atoms with Gasteiger partial charge in [0.25, 0.3) is 0 Å². The van der Waals surface area contributed by atoms with Crippen LogP contribution in [0.4, 0.5) is 5.69 Å². The van der Waals surface area contributed by atoms with Crippen molar-refractivity contribution in [1.29, 1.82) is 5.26 Å². The summed E-state index contributed by atoms with van der Waals surface area (Å²) in [5, 5.41) is 12.9. The van der Waals surface area contributed by atoms with Gasteiger partial charge >= 0.3 is 0 Å². The number of nitriles is 1. The van der Waals surface area contributed by atoms with Crippen molar-refractivity contribution >= 4 is 87.0 Å². The number of amides is 1. The van der Waals surface area contributed by atoms with E-state index >= 15 is 0 Å². The molecule has 10 heteroatoms. The SMILES string of the molecule is N#CC1(CC(=O)c2cc(NC(=O)C3C(c4cc(Cl)c(Cl)c(Cl)c4)C3(Cl)Cl)ccc2Cl)CC1. The Kier molecular flexibility index (Phi) is 6.40. The molecule has 4 nitrogen and oxygen atoms in total. The second-order valence-corrected chi connectivity index (χ2v) is 11.1. The molecule has 0 aromatic heterocycles. The lowest BCUT2D eigenvalue weighted by atomic mass is 9.96. The number of ketones is 1. The highest BCUT2D eigenvalue weighted by atomic mass is 35.5. The summed E-state index contributed by atoms with van der Waals surface area (Å²) >= 11 is 37.2. The van der Waals surface area contributed by atoms with Crippen molar-refractivity contribution in [3.63, 3.8) is 0 Å². The summed E-state index contributed by atoms with van der Waals surface area (Å²) in [5.74, 6) is -2.00. The maximum atomic E-state index is 12.9. The van der Waals surface area contributed by atoms with E-state index in [4.69, 9.17) is 69.6 Å². The maximum Gasteiger partial charge on any atom is 0.231 e. The molecule has 0 saturated heterocycles. The summed E-state index contributed by atoms with van der Waals surface area (Å²) in [7, 11) is 0. The second kappa shape index (κ2) is 8.55. The van der Waals surface area contributed by atoms with Gasteiger partial charge in [-0.25, -0.2) is 0 Å². The first-order valence-electron chi connectivity index (χ1n) is 9.56. The average Bonchev–Trinajstić information content (AvgIpc) is 3.62. The van der Waals surface area contributed by atoms with E-state index in [2.05, 4.69) is 11.4 Å². The minimum Gasteiger partial charge on any atom is -0.326 e. The van der Waals surface area contributed by atoms with Gasteiger partial charge in [-0.2, -0.15) is 5.26 Å². The van der Waals surface area contributed by atoms with Crippen LogP contribution in [0.25, 0.3) is 0 Å². The van der Waals surface area contributed by atoms with Gasteiger partial charge in [0, 0.05) is 23.6 Å². The van der Waals surface area contributed by atoms with Crippen molar-refractivity contribution in [3.8, 4) is 6.07 Å². The van der Waals surface area contributed by atoms with Crippen LogP contribution < -0.4 is 5.32 Å². The van der Waals surface area contributed by atoms with Crippen LogP contribution in [0.2, 0.25) is 20.1 Å². The van der Waals surface area contributed by atoms with E-state index in [9.17, 15) is 14.9 Å². The lowest BCUT2D eigenvalue weighted by Gasteiger charge is -2.10. The molecule has 2 unspecified atom stereocenters. The minimum absolute atomic E-state index is 0.0931. The molecule has 0 aliphatic heterocycles. The monoisotopic (exact) mass is 548 g/mol. The molecule has 166 valence electrons. The van der Waals surface area contributed by atoms with Crippen molar-refractivity contribution in [2.75, 3.05) is 5.32 Å². The zero-order valence-corrected chi connectivity index (χ0v) is 20.7. The van der Waals surface area contributed by atoms with Gasteiger partial charge in [-0.1, -0.05) is 46.4 Å². The molecule has 2 saturated carbocycles. The highest BCUT2D eigenvalue weighted by Gasteiger charge is 2.67. The van der Waals surface area contributed by atoms with E-state index in [1.807, 2.05) is 0 Å². The summed E-state index contributed by atoms with van der Waals surface area (Å²) in [4.78, 5) is 25.6. The molecule has 1 amide bonds. The molecule has 0 heterocycles. The van der Waals surface area contributed by atoms with Crippen molar-refractivity contribution in [3.05, 3.63) is 61.5 Å². The second-order valence-electron chi connectivity index (χ2n) is 8.10. The van der Waals surface area contributed by atoms with Crippen molar-refractivity contribution in [2.45, 2.75) is 29.5 Å². The van der Waals surface area contributed by atoms with Crippen LogP contribution in [0.3, 0.4) is 0 Å². The molecule has 2 atom stereocenters. The highest BCUT2D eigenvalue weighted by Crippen LogP contribution is 2.65. The first-order chi connectivity index (χ1) is 15.0. The number of carbonyl (C=O) groups excluding carboxylic acids is 2. The quantitative estimate of drug-likeness (QED) is 0.227. The number of hydrogen-bond donors (Lipinski definition) is 1. The highest BCUT2D eigenvalue weighted by molar-refractivity contribution is 6.54. The van der Waals surface area contributed by atoms with Gasteiger partial charge in [0.15, 0.2) is 5.78 Å².